The van der Waals surface area contributed by atoms with E-state index in [1.165, 1.54) is 10.5 Å². The summed E-state index contributed by atoms with van der Waals surface area (Å²) < 4.78 is 12.2. The smallest absolute Gasteiger partial charge is 0.228 e. The van der Waals surface area contributed by atoms with Crippen molar-refractivity contribution in [3.05, 3.63) is 48.0 Å². The zero-order chi connectivity index (χ0) is 22.3. The Bertz CT molecular complexity index is 1030. The monoisotopic (exact) mass is 470 g/mol. The van der Waals surface area contributed by atoms with Crippen LogP contribution in [-0.2, 0) is 16.0 Å². The second kappa shape index (κ2) is 11.2. The third-order valence-electron chi connectivity index (χ3n) is 5.68. The molecule has 1 saturated heterocycles. The molecule has 1 aliphatic rings. The van der Waals surface area contributed by atoms with Crippen molar-refractivity contribution < 1.29 is 14.3 Å². The number of aryl methyl sites for hydroxylation is 1. The maximum absolute atomic E-state index is 13.3. The summed E-state index contributed by atoms with van der Waals surface area (Å²) in [7, 11) is 1.67. The molecule has 1 aliphatic heterocycles. The first-order valence-corrected chi connectivity index (χ1v) is 13.1. The van der Waals surface area contributed by atoms with Crippen LogP contribution < -0.4 is 9.64 Å². The zero-order valence-electron chi connectivity index (χ0n) is 18.7. The van der Waals surface area contributed by atoms with Crippen LogP contribution in [0.4, 0.5) is 5.13 Å². The third kappa shape index (κ3) is 5.63. The highest BCUT2D eigenvalue weighted by atomic mass is 32.2. The zero-order valence-corrected chi connectivity index (χ0v) is 20.3. The van der Waals surface area contributed by atoms with Crippen LogP contribution in [0.15, 0.2) is 47.4 Å². The molecule has 32 heavy (non-hydrogen) atoms. The Hall–Kier alpha value is -2.09. The minimum absolute atomic E-state index is 0.102. The molecule has 0 saturated carbocycles. The number of carbonyl (C=O) groups excluding carboxylic acids is 1. The van der Waals surface area contributed by atoms with E-state index >= 15 is 0 Å². The molecule has 2 heterocycles. The number of ether oxygens (including phenoxy) is 2. The number of hydrogen-bond donors (Lipinski definition) is 0. The summed E-state index contributed by atoms with van der Waals surface area (Å²) >= 11 is 3.37. The van der Waals surface area contributed by atoms with Crippen LogP contribution in [0.2, 0.25) is 0 Å². The second-order valence-electron chi connectivity index (χ2n) is 7.88. The predicted molar refractivity (Wildman–Crippen MR) is 133 cm³/mol. The summed E-state index contributed by atoms with van der Waals surface area (Å²) in [6.07, 6.45) is 4.43. The third-order valence-corrected chi connectivity index (χ3v) is 7.82. The molecule has 3 aromatic rings. The fourth-order valence-electron chi connectivity index (χ4n) is 3.89. The number of rotatable bonds is 10. The Morgan fingerprint density at radius 1 is 1.28 bits per heavy atom. The number of amides is 1. The summed E-state index contributed by atoms with van der Waals surface area (Å²) in [4.78, 5) is 21.2. The highest BCUT2D eigenvalue weighted by Crippen LogP contribution is 2.32. The molecule has 0 spiro atoms. The van der Waals surface area contributed by atoms with E-state index in [-0.39, 0.29) is 12.0 Å². The van der Waals surface area contributed by atoms with Gasteiger partial charge in [0.2, 0.25) is 5.91 Å². The second-order valence-corrected chi connectivity index (χ2v) is 10.1. The van der Waals surface area contributed by atoms with Crippen LogP contribution in [0.3, 0.4) is 0 Å². The fraction of sp³-hybridized carbons (Fsp3) is 0.440. The Labute approximate surface area is 198 Å². The molecule has 1 amide bonds. The van der Waals surface area contributed by atoms with Gasteiger partial charge < -0.3 is 9.47 Å². The highest BCUT2D eigenvalue weighted by molar-refractivity contribution is 7.99. The average Bonchev–Trinajstić information content (AvgIpc) is 3.50. The minimum Gasteiger partial charge on any atom is -0.497 e. The van der Waals surface area contributed by atoms with E-state index < -0.39 is 0 Å². The molecule has 0 aliphatic carbocycles. The lowest BCUT2D eigenvalue weighted by molar-refractivity contribution is -0.119. The first-order chi connectivity index (χ1) is 15.7. The summed E-state index contributed by atoms with van der Waals surface area (Å²) in [5.41, 5.74) is 2.25. The SMILES string of the molecule is CCc1cccc2sc(N(CC3CCCO3)C(=O)CCCSc3ccc(OC)cc3)nc12. The molecule has 5 nitrogen and oxygen atoms in total. The number of nitrogens with zero attached hydrogens (tertiary/aromatic N) is 2. The molecule has 0 radical (unpaired) electrons. The topological polar surface area (TPSA) is 51.7 Å². The fourth-order valence-corrected chi connectivity index (χ4v) is 5.79. The molecule has 4 rings (SSSR count). The molecule has 1 unspecified atom stereocenters. The van der Waals surface area contributed by atoms with E-state index in [1.807, 2.05) is 17.0 Å². The molecule has 170 valence electrons. The van der Waals surface area contributed by atoms with Crippen molar-refractivity contribution in [2.45, 2.75) is 50.0 Å². The van der Waals surface area contributed by atoms with Gasteiger partial charge in [0.05, 0.1) is 30.0 Å². The van der Waals surface area contributed by atoms with Crippen LogP contribution in [-0.4, -0.2) is 43.0 Å². The number of anilines is 1. The van der Waals surface area contributed by atoms with E-state index in [1.54, 1.807) is 30.2 Å². The van der Waals surface area contributed by atoms with Crippen molar-refractivity contribution in [1.82, 2.24) is 4.98 Å². The van der Waals surface area contributed by atoms with Gasteiger partial charge in [-0.25, -0.2) is 4.98 Å². The van der Waals surface area contributed by atoms with Crippen molar-refractivity contribution >= 4 is 44.4 Å². The molecule has 0 bridgehead atoms. The summed E-state index contributed by atoms with van der Waals surface area (Å²) in [6.45, 7) is 3.51. The molecule has 2 aromatic carbocycles. The highest BCUT2D eigenvalue weighted by Gasteiger charge is 2.26. The van der Waals surface area contributed by atoms with Crippen molar-refractivity contribution in [3.8, 4) is 5.75 Å². The van der Waals surface area contributed by atoms with Gasteiger partial charge in [0.1, 0.15) is 5.75 Å². The van der Waals surface area contributed by atoms with Crippen molar-refractivity contribution in [2.24, 2.45) is 0 Å². The summed E-state index contributed by atoms with van der Waals surface area (Å²) in [5, 5.41) is 0.796. The van der Waals surface area contributed by atoms with Crippen LogP contribution >= 0.6 is 23.1 Å². The Balaban J connectivity index is 1.42. The predicted octanol–water partition coefficient (Wildman–Crippen LogP) is 5.95. The van der Waals surface area contributed by atoms with Crippen LogP contribution in [0.25, 0.3) is 10.2 Å². The first-order valence-electron chi connectivity index (χ1n) is 11.2. The van der Waals surface area contributed by atoms with E-state index in [0.717, 1.165) is 59.1 Å². The number of para-hydroxylation sites is 1. The maximum Gasteiger partial charge on any atom is 0.228 e. The largest absolute Gasteiger partial charge is 0.497 e. The van der Waals surface area contributed by atoms with E-state index in [9.17, 15) is 4.79 Å². The molecular weight excluding hydrogens is 440 g/mol. The standard InChI is InChI=1S/C25H30N2O3S2/c1-3-18-7-4-9-22-24(18)26-25(32-22)27(17-20-8-5-15-30-20)23(28)10-6-16-31-21-13-11-19(29-2)12-14-21/h4,7,9,11-14,20H,3,5-6,8,10,15-17H2,1-2H3. The van der Waals surface area contributed by atoms with Crippen molar-refractivity contribution in [1.29, 1.82) is 0 Å². The van der Waals surface area contributed by atoms with E-state index in [0.29, 0.717) is 13.0 Å². The van der Waals surface area contributed by atoms with Gasteiger partial charge in [-0.2, -0.15) is 0 Å². The lowest BCUT2D eigenvalue weighted by atomic mass is 10.1. The number of hydrogen-bond acceptors (Lipinski definition) is 6. The molecule has 7 heteroatoms. The Kier molecular flexibility index (Phi) is 8.05. The van der Waals surface area contributed by atoms with Gasteiger partial charge in [0, 0.05) is 17.9 Å². The minimum atomic E-state index is 0.102. The van der Waals surface area contributed by atoms with Gasteiger partial charge in [-0.3, -0.25) is 9.69 Å². The summed E-state index contributed by atoms with van der Waals surface area (Å²) in [6, 6.07) is 14.3. The number of fused-ring (bicyclic) bond motifs is 1. The lowest BCUT2D eigenvalue weighted by Crippen LogP contribution is -2.37. The van der Waals surface area contributed by atoms with E-state index in [4.69, 9.17) is 14.5 Å². The van der Waals surface area contributed by atoms with Crippen molar-refractivity contribution in [3.63, 3.8) is 0 Å². The van der Waals surface area contributed by atoms with Gasteiger partial charge in [0.25, 0.3) is 0 Å². The molecular formula is C25H30N2O3S2. The number of methoxy groups -OCH3 is 1. The number of thiazole rings is 1. The van der Waals surface area contributed by atoms with Crippen molar-refractivity contribution in [2.75, 3.05) is 30.9 Å². The van der Waals surface area contributed by atoms with Crippen LogP contribution in [0, 0.1) is 0 Å². The average molecular weight is 471 g/mol. The number of carbonyl (C=O) groups is 1. The number of benzene rings is 2. The lowest BCUT2D eigenvalue weighted by Gasteiger charge is -2.23. The number of aromatic nitrogens is 1. The molecule has 0 N–H and O–H groups in total. The molecule has 1 aromatic heterocycles. The quantitative estimate of drug-likeness (QED) is 0.271. The molecule has 1 atom stereocenters. The number of thioether (sulfide) groups is 1. The normalized spacial score (nSPS) is 15.9. The molecule has 1 fully saturated rings. The first kappa shape index (κ1) is 23.1. The van der Waals surface area contributed by atoms with Gasteiger partial charge in [0.15, 0.2) is 5.13 Å². The van der Waals surface area contributed by atoms with E-state index in [2.05, 4.69) is 37.3 Å². The summed E-state index contributed by atoms with van der Waals surface area (Å²) in [5.74, 6) is 1.88. The van der Waals surface area contributed by atoms with Gasteiger partial charge >= 0.3 is 0 Å². The Morgan fingerprint density at radius 2 is 2.12 bits per heavy atom. The van der Waals surface area contributed by atoms with Gasteiger partial charge in [-0.05, 0) is 67.3 Å². The van der Waals surface area contributed by atoms with Gasteiger partial charge in [-0.1, -0.05) is 30.4 Å². The van der Waals surface area contributed by atoms with Gasteiger partial charge in [-0.15, -0.1) is 11.8 Å². The maximum atomic E-state index is 13.3. The van der Waals surface area contributed by atoms with Crippen LogP contribution in [0.5, 0.6) is 5.75 Å². The van der Waals surface area contributed by atoms with Crippen LogP contribution in [0.1, 0.15) is 38.2 Å². The Morgan fingerprint density at radius 3 is 2.84 bits per heavy atom.